The molecule has 0 saturated heterocycles. The summed E-state index contributed by atoms with van der Waals surface area (Å²) in [5.41, 5.74) is 2.98. The Morgan fingerprint density at radius 1 is 1.05 bits per heavy atom. The molecule has 0 saturated carbocycles. The van der Waals surface area contributed by atoms with Crippen molar-refractivity contribution in [2.75, 3.05) is 0 Å². The van der Waals surface area contributed by atoms with Crippen molar-refractivity contribution in [2.45, 2.75) is 33.1 Å². The van der Waals surface area contributed by atoms with Crippen molar-refractivity contribution in [3.63, 3.8) is 0 Å². The van der Waals surface area contributed by atoms with Crippen molar-refractivity contribution in [3.05, 3.63) is 42.7 Å². The highest BCUT2D eigenvalue weighted by molar-refractivity contribution is 5.61. The molecule has 0 radical (unpaired) electrons. The smallest absolute Gasteiger partial charge is 0.115 e. The first kappa shape index (κ1) is 14.8. The maximum Gasteiger partial charge on any atom is 0.115 e. The maximum absolute atomic E-state index is 8.69. The molecule has 0 aliphatic rings. The normalized spacial score (nSPS) is 10.8. The highest BCUT2D eigenvalue weighted by atomic mass is 14.8. The Morgan fingerprint density at radius 3 is 2.32 bits per heavy atom. The van der Waals surface area contributed by atoms with Gasteiger partial charge in [-0.2, -0.15) is 5.26 Å². The van der Waals surface area contributed by atoms with Crippen molar-refractivity contribution in [2.24, 2.45) is 0 Å². The molecule has 2 heterocycles. The third-order valence-electron chi connectivity index (χ3n) is 2.62. The third-order valence-corrected chi connectivity index (χ3v) is 2.62. The van der Waals surface area contributed by atoms with Gasteiger partial charge in [0, 0.05) is 42.3 Å². The SMILES string of the molecule is CC.CC(CC#N)c1cncc(-c2cncnc2)c1. The lowest BCUT2D eigenvalue weighted by molar-refractivity contribution is 0.784. The van der Waals surface area contributed by atoms with Crippen LogP contribution < -0.4 is 0 Å². The molecule has 0 fully saturated rings. The van der Waals surface area contributed by atoms with E-state index in [0.717, 1.165) is 16.7 Å². The van der Waals surface area contributed by atoms with Gasteiger partial charge in [0.25, 0.3) is 0 Å². The molecule has 4 heteroatoms. The fourth-order valence-corrected chi connectivity index (χ4v) is 1.59. The van der Waals surface area contributed by atoms with Gasteiger partial charge < -0.3 is 0 Å². The van der Waals surface area contributed by atoms with Gasteiger partial charge in [-0.1, -0.05) is 20.8 Å². The zero-order chi connectivity index (χ0) is 14.1. The minimum Gasteiger partial charge on any atom is -0.264 e. The van der Waals surface area contributed by atoms with Crippen LogP contribution >= 0.6 is 0 Å². The summed E-state index contributed by atoms with van der Waals surface area (Å²) in [6, 6.07) is 4.21. The second-order valence-electron chi connectivity index (χ2n) is 3.90. The Labute approximate surface area is 114 Å². The second kappa shape index (κ2) is 7.93. The standard InChI is InChI=1S/C13H12N4.C2H6/c1-10(2-3-14)11-4-12(6-15-5-11)13-7-16-9-17-8-13;1-2/h4-10H,2H2,1H3;1-2H3. The molecule has 0 amide bonds. The number of aromatic nitrogens is 3. The van der Waals surface area contributed by atoms with E-state index >= 15 is 0 Å². The van der Waals surface area contributed by atoms with Crippen LogP contribution in [0.15, 0.2) is 37.2 Å². The second-order valence-corrected chi connectivity index (χ2v) is 3.90. The Balaban J connectivity index is 0.000000861. The van der Waals surface area contributed by atoms with Gasteiger partial charge in [0.05, 0.1) is 6.07 Å². The molecule has 0 aliphatic carbocycles. The zero-order valence-corrected chi connectivity index (χ0v) is 11.5. The topological polar surface area (TPSA) is 62.5 Å². The van der Waals surface area contributed by atoms with E-state index in [4.69, 9.17) is 5.26 Å². The summed E-state index contributed by atoms with van der Waals surface area (Å²) in [6.07, 6.45) is 9.08. The van der Waals surface area contributed by atoms with Gasteiger partial charge in [0.15, 0.2) is 0 Å². The lowest BCUT2D eigenvalue weighted by Crippen LogP contribution is -1.94. The number of pyridine rings is 1. The van der Waals surface area contributed by atoms with E-state index in [1.807, 2.05) is 26.8 Å². The zero-order valence-electron chi connectivity index (χ0n) is 11.5. The average molecular weight is 254 g/mol. The summed E-state index contributed by atoms with van der Waals surface area (Å²) in [6.45, 7) is 6.02. The Morgan fingerprint density at radius 2 is 1.68 bits per heavy atom. The summed E-state index contributed by atoms with van der Waals surface area (Å²) >= 11 is 0. The summed E-state index contributed by atoms with van der Waals surface area (Å²) in [4.78, 5) is 12.2. The number of nitrogens with zero attached hydrogens (tertiary/aromatic N) is 4. The molecular weight excluding hydrogens is 236 g/mol. The van der Waals surface area contributed by atoms with Crippen LogP contribution in [0.5, 0.6) is 0 Å². The van der Waals surface area contributed by atoms with Crippen LogP contribution in [0.2, 0.25) is 0 Å². The molecule has 0 aliphatic heterocycles. The summed E-state index contributed by atoms with van der Waals surface area (Å²) in [5, 5.41) is 8.69. The van der Waals surface area contributed by atoms with Crippen molar-refractivity contribution in [1.82, 2.24) is 15.0 Å². The third kappa shape index (κ3) is 4.14. The largest absolute Gasteiger partial charge is 0.264 e. The van der Waals surface area contributed by atoms with Crippen molar-refractivity contribution in [1.29, 1.82) is 5.26 Å². The minimum atomic E-state index is 0.192. The van der Waals surface area contributed by atoms with Crippen molar-refractivity contribution < 1.29 is 0 Å². The van der Waals surface area contributed by atoms with Gasteiger partial charge in [-0.15, -0.1) is 0 Å². The molecular formula is C15H18N4. The van der Waals surface area contributed by atoms with Gasteiger partial charge in [-0.25, -0.2) is 9.97 Å². The van der Waals surface area contributed by atoms with Gasteiger partial charge >= 0.3 is 0 Å². The van der Waals surface area contributed by atoms with E-state index in [2.05, 4.69) is 21.0 Å². The first-order valence-electron chi connectivity index (χ1n) is 6.38. The molecule has 0 aromatic carbocycles. The first-order valence-corrected chi connectivity index (χ1v) is 6.38. The molecule has 2 aromatic heterocycles. The van der Waals surface area contributed by atoms with E-state index in [9.17, 15) is 0 Å². The van der Waals surface area contributed by atoms with Crippen molar-refractivity contribution >= 4 is 0 Å². The van der Waals surface area contributed by atoms with E-state index in [1.165, 1.54) is 6.33 Å². The monoisotopic (exact) mass is 254 g/mol. The fraction of sp³-hybridized carbons (Fsp3) is 0.333. The van der Waals surface area contributed by atoms with Gasteiger partial charge in [-0.05, 0) is 17.5 Å². The number of rotatable bonds is 3. The lowest BCUT2D eigenvalue weighted by Gasteiger charge is -2.08. The molecule has 98 valence electrons. The summed E-state index contributed by atoms with van der Waals surface area (Å²) in [7, 11) is 0. The van der Waals surface area contributed by atoms with Gasteiger partial charge in [0.2, 0.25) is 0 Å². The number of hydrogen-bond donors (Lipinski definition) is 0. The number of nitriles is 1. The van der Waals surface area contributed by atoms with Crippen LogP contribution in [0.3, 0.4) is 0 Å². The van der Waals surface area contributed by atoms with Gasteiger partial charge in [-0.3, -0.25) is 4.98 Å². The van der Waals surface area contributed by atoms with Crippen LogP contribution in [0.1, 0.15) is 38.7 Å². The first-order chi connectivity index (χ1) is 9.31. The Bertz CT molecular complexity index is 531. The molecule has 2 aromatic rings. The number of hydrogen-bond acceptors (Lipinski definition) is 4. The molecule has 0 bridgehead atoms. The molecule has 0 spiro atoms. The molecule has 1 unspecified atom stereocenters. The molecule has 0 N–H and O–H groups in total. The summed E-state index contributed by atoms with van der Waals surface area (Å²) in [5.74, 6) is 0.192. The lowest BCUT2D eigenvalue weighted by atomic mass is 9.98. The van der Waals surface area contributed by atoms with Crippen LogP contribution in [0.25, 0.3) is 11.1 Å². The fourth-order valence-electron chi connectivity index (χ4n) is 1.59. The molecule has 1 atom stereocenters. The predicted octanol–water partition coefficient (Wildman–Crippen LogP) is 3.58. The Kier molecular flexibility index (Phi) is 6.17. The molecule has 4 nitrogen and oxygen atoms in total. The van der Waals surface area contributed by atoms with E-state index in [0.29, 0.717) is 6.42 Å². The van der Waals surface area contributed by atoms with Crippen LogP contribution in [-0.4, -0.2) is 15.0 Å². The quantitative estimate of drug-likeness (QED) is 0.839. The predicted molar refractivity (Wildman–Crippen MR) is 75.3 cm³/mol. The van der Waals surface area contributed by atoms with Gasteiger partial charge in [0.1, 0.15) is 6.33 Å². The maximum atomic E-state index is 8.69. The van der Waals surface area contributed by atoms with Crippen molar-refractivity contribution in [3.8, 4) is 17.2 Å². The van der Waals surface area contributed by atoms with E-state index in [-0.39, 0.29) is 5.92 Å². The van der Waals surface area contributed by atoms with Crippen LogP contribution in [-0.2, 0) is 0 Å². The van der Waals surface area contributed by atoms with Crippen LogP contribution in [0.4, 0.5) is 0 Å². The van der Waals surface area contributed by atoms with E-state index in [1.54, 1.807) is 24.8 Å². The average Bonchev–Trinajstić information content (AvgIpc) is 2.50. The summed E-state index contributed by atoms with van der Waals surface area (Å²) < 4.78 is 0. The van der Waals surface area contributed by atoms with E-state index < -0.39 is 0 Å². The highest BCUT2D eigenvalue weighted by Crippen LogP contribution is 2.23. The Hall–Kier alpha value is -2.28. The minimum absolute atomic E-state index is 0.192. The van der Waals surface area contributed by atoms with Crippen LogP contribution in [0, 0.1) is 11.3 Å². The highest BCUT2D eigenvalue weighted by Gasteiger charge is 2.07. The molecule has 2 rings (SSSR count). The molecule has 19 heavy (non-hydrogen) atoms.